The van der Waals surface area contributed by atoms with E-state index in [4.69, 9.17) is 4.74 Å². The average Bonchev–Trinajstić information content (AvgIpc) is 3.10. The van der Waals surface area contributed by atoms with Gasteiger partial charge in [0.1, 0.15) is 11.8 Å². The molecule has 232 valence electrons. The number of methoxy groups -OCH3 is 1. The van der Waals surface area contributed by atoms with Gasteiger partial charge < -0.3 is 25.2 Å². The van der Waals surface area contributed by atoms with Crippen LogP contribution in [-0.4, -0.2) is 55.8 Å². The number of hydrogen-bond donors (Lipinski definition) is 2. The minimum Gasteiger partial charge on any atom is -0.496 e. The molecule has 0 unspecified atom stereocenters. The molecule has 2 N–H and O–H groups in total. The number of rotatable bonds is 7. The van der Waals surface area contributed by atoms with Crippen molar-refractivity contribution in [3.05, 3.63) is 100 Å². The van der Waals surface area contributed by atoms with Crippen LogP contribution in [0.4, 0.5) is 11.4 Å². The Morgan fingerprint density at radius 1 is 0.978 bits per heavy atom. The summed E-state index contributed by atoms with van der Waals surface area (Å²) in [6.07, 6.45) is 0.671. The number of halogens is 2. The lowest BCUT2D eigenvalue weighted by molar-refractivity contribution is -0.129. The number of para-hydroxylation sites is 2. The molecule has 9 nitrogen and oxygen atoms in total. The third kappa shape index (κ3) is 6.31. The second-order valence-electron chi connectivity index (χ2n) is 10.9. The van der Waals surface area contributed by atoms with Crippen LogP contribution in [0.5, 0.6) is 5.75 Å². The summed E-state index contributed by atoms with van der Waals surface area (Å²) in [5.74, 6) is -0.466. The fraction of sp³-hybridized carbons (Fsp3) is 0.235. The highest BCUT2D eigenvalue weighted by molar-refractivity contribution is 9.10. The van der Waals surface area contributed by atoms with Gasteiger partial charge in [-0.1, -0.05) is 52.3 Å². The molecule has 45 heavy (non-hydrogen) atoms. The Hall–Kier alpha value is -4.25. The van der Waals surface area contributed by atoms with Crippen LogP contribution in [0.25, 0.3) is 10.8 Å². The van der Waals surface area contributed by atoms with Gasteiger partial charge in [0.05, 0.1) is 37.6 Å². The Morgan fingerprint density at radius 3 is 2.31 bits per heavy atom. The van der Waals surface area contributed by atoms with Crippen LogP contribution in [-0.2, 0) is 16.1 Å². The van der Waals surface area contributed by atoms with Gasteiger partial charge in [-0.3, -0.25) is 19.2 Å². The molecule has 6 rings (SSSR count). The van der Waals surface area contributed by atoms with Crippen LogP contribution >= 0.6 is 28.3 Å². The number of carbonyl (C=O) groups excluding carboxylic acids is 4. The van der Waals surface area contributed by atoms with Crippen molar-refractivity contribution < 1.29 is 23.9 Å². The summed E-state index contributed by atoms with van der Waals surface area (Å²) in [6.45, 7) is 2.27. The number of anilines is 2. The average molecular weight is 692 g/mol. The van der Waals surface area contributed by atoms with Crippen LogP contribution in [0.1, 0.15) is 39.6 Å². The first-order chi connectivity index (χ1) is 21.2. The van der Waals surface area contributed by atoms with E-state index >= 15 is 0 Å². The molecule has 0 bridgehead atoms. The molecular weight excluding hydrogens is 660 g/mol. The van der Waals surface area contributed by atoms with E-state index in [9.17, 15) is 19.2 Å². The van der Waals surface area contributed by atoms with Gasteiger partial charge in [0, 0.05) is 21.2 Å². The highest BCUT2D eigenvalue weighted by Gasteiger charge is 2.39. The molecule has 0 saturated carbocycles. The molecule has 4 aromatic carbocycles. The summed E-state index contributed by atoms with van der Waals surface area (Å²) >= 11 is 3.54. The molecule has 0 aromatic heterocycles. The van der Waals surface area contributed by atoms with Crippen molar-refractivity contribution in [1.29, 1.82) is 0 Å². The molecule has 2 aliphatic rings. The van der Waals surface area contributed by atoms with Crippen molar-refractivity contribution in [2.24, 2.45) is 0 Å². The molecule has 0 radical (unpaired) electrons. The van der Waals surface area contributed by atoms with Gasteiger partial charge in [0.2, 0.25) is 5.91 Å². The van der Waals surface area contributed by atoms with Crippen LogP contribution < -0.4 is 25.2 Å². The zero-order chi connectivity index (χ0) is 31.0. The number of nitrogens with zero attached hydrogens (tertiary/aromatic N) is 2. The van der Waals surface area contributed by atoms with E-state index in [1.54, 1.807) is 48.4 Å². The molecule has 3 amide bonds. The van der Waals surface area contributed by atoms with E-state index in [1.807, 2.05) is 42.5 Å². The largest absolute Gasteiger partial charge is 0.496 e. The summed E-state index contributed by atoms with van der Waals surface area (Å²) in [5.41, 5.74) is 2.71. The molecular formula is C34H32BrClN4O5. The Bertz CT molecular complexity index is 1790. The molecule has 4 aromatic rings. The van der Waals surface area contributed by atoms with E-state index in [2.05, 4.69) is 26.6 Å². The smallest absolute Gasteiger partial charge is 0.258 e. The number of hydrogen-bond acceptors (Lipinski definition) is 6. The lowest BCUT2D eigenvalue weighted by atomic mass is 10.0. The standard InChI is InChI=1S/C34H31BrN4O5.ClH/c1-20(40)21-7-9-22(10-8-21)33(42)39-19-28(37-32(41)27-15-16-36-27)34(43)38(29-5-3-4-6-30(29)39)18-26-25-13-12-24(35)17-23(25)11-14-31(26)44-2;/h3-14,17,27-28,36H,15-16,18-19H2,1-2H3,(H,37,41);1H/t27-,28-;/m0./s1. The van der Waals surface area contributed by atoms with E-state index in [0.717, 1.165) is 27.4 Å². The fourth-order valence-electron chi connectivity index (χ4n) is 5.69. The number of carbonyl (C=O) groups is 4. The van der Waals surface area contributed by atoms with Crippen molar-refractivity contribution in [1.82, 2.24) is 10.6 Å². The zero-order valence-electron chi connectivity index (χ0n) is 24.7. The van der Waals surface area contributed by atoms with Crippen LogP contribution in [0.3, 0.4) is 0 Å². The van der Waals surface area contributed by atoms with Crippen molar-refractivity contribution in [3.63, 3.8) is 0 Å². The van der Waals surface area contributed by atoms with Gasteiger partial charge in [-0.05, 0) is 73.1 Å². The maximum absolute atomic E-state index is 14.5. The van der Waals surface area contributed by atoms with Gasteiger partial charge >= 0.3 is 0 Å². The highest BCUT2D eigenvalue weighted by atomic mass is 79.9. The minimum atomic E-state index is -1.02. The van der Waals surface area contributed by atoms with Gasteiger partial charge in [0.15, 0.2) is 5.78 Å². The first-order valence-electron chi connectivity index (χ1n) is 14.4. The maximum Gasteiger partial charge on any atom is 0.258 e. The first kappa shape index (κ1) is 32.2. The van der Waals surface area contributed by atoms with Gasteiger partial charge in [-0.25, -0.2) is 0 Å². The van der Waals surface area contributed by atoms with Gasteiger partial charge in [-0.2, -0.15) is 0 Å². The van der Waals surface area contributed by atoms with Crippen LogP contribution in [0.15, 0.2) is 83.3 Å². The molecule has 0 spiro atoms. The zero-order valence-corrected chi connectivity index (χ0v) is 27.1. The monoisotopic (exact) mass is 690 g/mol. The first-order valence-corrected chi connectivity index (χ1v) is 15.2. The Labute approximate surface area is 275 Å². The van der Waals surface area contributed by atoms with Crippen molar-refractivity contribution in [2.75, 3.05) is 30.0 Å². The van der Waals surface area contributed by atoms with E-state index in [-0.39, 0.29) is 55.0 Å². The van der Waals surface area contributed by atoms with Crippen LogP contribution in [0, 0.1) is 0 Å². The predicted octanol–water partition coefficient (Wildman–Crippen LogP) is 5.28. The van der Waals surface area contributed by atoms with E-state index in [0.29, 0.717) is 34.7 Å². The SMILES string of the molecule is COc1ccc2cc(Br)ccc2c1CN1C(=O)[C@@H](NC(=O)[C@@H]2CCN2)CN(C(=O)c2ccc(C(C)=O)cc2)c2ccccc21.Cl. The summed E-state index contributed by atoms with van der Waals surface area (Å²) < 4.78 is 6.68. The Kier molecular flexibility index (Phi) is 9.57. The Balaban J connectivity index is 0.00000400. The number of fused-ring (bicyclic) bond motifs is 2. The Morgan fingerprint density at radius 2 is 1.67 bits per heavy atom. The molecule has 0 aliphatic carbocycles. The topological polar surface area (TPSA) is 108 Å². The fourth-order valence-corrected chi connectivity index (χ4v) is 6.07. The molecule has 2 atom stereocenters. The van der Waals surface area contributed by atoms with E-state index < -0.39 is 6.04 Å². The number of Topliss-reactive ketones (excluding diaryl/α,β-unsaturated/α-hetero) is 1. The molecule has 11 heteroatoms. The highest BCUT2D eigenvalue weighted by Crippen LogP contribution is 2.38. The second kappa shape index (κ2) is 13.4. The lowest BCUT2D eigenvalue weighted by Gasteiger charge is -2.30. The summed E-state index contributed by atoms with van der Waals surface area (Å²) in [6, 6.07) is 22.0. The lowest BCUT2D eigenvalue weighted by Crippen LogP contribution is -2.59. The maximum atomic E-state index is 14.5. The normalized spacial score (nSPS) is 17.4. The number of ketones is 1. The summed E-state index contributed by atoms with van der Waals surface area (Å²) in [5, 5.41) is 7.89. The number of ether oxygens (including phenoxy) is 1. The van der Waals surface area contributed by atoms with Gasteiger partial charge in [-0.15, -0.1) is 12.4 Å². The summed E-state index contributed by atoms with van der Waals surface area (Å²) in [4.78, 5) is 56.7. The number of benzene rings is 4. The van der Waals surface area contributed by atoms with Crippen molar-refractivity contribution in [3.8, 4) is 5.75 Å². The molecule has 1 fully saturated rings. The summed E-state index contributed by atoms with van der Waals surface area (Å²) in [7, 11) is 1.59. The predicted molar refractivity (Wildman–Crippen MR) is 180 cm³/mol. The number of amides is 3. The minimum absolute atomic E-state index is 0. The third-order valence-electron chi connectivity index (χ3n) is 8.22. The third-order valence-corrected chi connectivity index (χ3v) is 8.71. The quantitative estimate of drug-likeness (QED) is 0.256. The van der Waals surface area contributed by atoms with E-state index in [1.165, 1.54) is 11.8 Å². The van der Waals surface area contributed by atoms with Gasteiger partial charge in [0.25, 0.3) is 11.8 Å². The van der Waals surface area contributed by atoms with Crippen LogP contribution in [0.2, 0.25) is 0 Å². The molecule has 2 heterocycles. The molecule has 1 saturated heterocycles. The van der Waals surface area contributed by atoms with Crippen molar-refractivity contribution >= 4 is 74.0 Å². The van der Waals surface area contributed by atoms with Crippen molar-refractivity contribution in [2.45, 2.75) is 32.0 Å². The molecule has 2 aliphatic heterocycles. The number of nitrogens with one attached hydrogen (secondary N) is 2. The second-order valence-corrected chi connectivity index (χ2v) is 11.8.